The van der Waals surface area contributed by atoms with Gasteiger partial charge in [0.15, 0.2) is 0 Å². The predicted molar refractivity (Wildman–Crippen MR) is 83.7 cm³/mol. The van der Waals surface area contributed by atoms with Crippen LogP contribution >= 0.6 is 0 Å². The highest BCUT2D eigenvalue weighted by atomic mass is 16.5. The average molecular weight is 278 g/mol. The molecule has 0 spiro atoms. The third kappa shape index (κ3) is 2.87. The summed E-state index contributed by atoms with van der Waals surface area (Å²) >= 11 is 0. The fourth-order valence-corrected chi connectivity index (χ4v) is 4.90. The van der Waals surface area contributed by atoms with Gasteiger partial charge in [-0.1, -0.05) is 24.1 Å². The highest BCUT2D eigenvalue weighted by molar-refractivity contribution is 5.21. The number of rotatable bonds is 6. The lowest BCUT2D eigenvalue weighted by Gasteiger charge is -2.42. The summed E-state index contributed by atoms with van der Waals surface area (Å²) in [6.45, 7) is 12.3. The molecule has 114 valence electrons. The number of allylic oxidation sites excluding steroid dienone is 2. The number of fused-ring (bicyclic) bond motifs is 1. The van der Waals surface area contributed by atoms with Gasteiger partial charge in [0, 0.05) is 19.6 Å². The first-order valence-corrected chi connectivity index (χ1v) is 7.84. The smallest absolute Gasteiger partial charge is 0.0546 e. The fourth-order valence-electron chi connectivity index (χ4n) is 4.90. The van der Waals surface area contributed by atoms with Crippen molar-refractivity contribution in [1.29, 1.82) is 0 Å². The zero-order chi connectivity index (χ0) is 14.8. The molecule has 0 aliphatic heterocycles. The molecular formula is C18H30O2. The zero-order valence-corrected chi connectivity index (χ0v) is 13.4. The molecule has 3 atom stereocenters. The molecule has 0 amide bonds. The van der Waals surface area contributed by atoms with Crippen LogP contribution < -0.4 is 0 Å². The Hall–Kier alpha value is -0.600. The lowest BCUT2D eigenvalue weighted by molar-refractivity contribution is -0.0371. The van der Waals surface area contributed by atoms with Gasteiger partial charge in [-0.3, -0.25) is 0 Å². The molecule has 2 fully saturated rings. The summed E-state index contributed by atoms with van der Waals surface area (Å²) in [6.07, 6.45) is 6.15. The summed E-state index contributed by atoms with van der Waals surface area (Å²) in [4.78, 5) is 0. The molecule has 0 heterocycles. The molecule has 2 aliphatic carbocycles. The van der Waals surface area contributed by atoms with E-state index >= 15 is 0 Å². The molecule has 2 rings (SSSR count). The van der Waals surface area contributed by atoms with Crippen molar-refractivity contribution in [3.8, 4) is 0 Å². The molecular weight excluding hydrogens is 248 g/mol. The fraction of sp³-hybridized carbons (Fsp3) is 0.778. The Labute approximate surface area is 124 Å². The van der Waals surface area contributed by atoms with Crippen molar-refractivity contribution < 1.29 is 9.47 Å². The van der Waals surface area contributed by atoms with Gasteiger partial charge < -0.3 is 9.47 Å². The summed E-state index contributed by atoms with van der Waals surface area (Å²) < 4.78 is 11.1. The monoisotopic (exact) mass is 278 g/mol. The summed E-state index contributed by atoms with van der Waals surface area (Å²) in [5.41, 5.74) is 2.88. The van der Waals surface area contributed by atoms with Crippen LogP contribution in [0.4, 0.5) is 0 Å². The Bertz CT molecular complexity index is 366. The Kier molecular flexibility index (Phi) is 5.09. The Morgan fingerprint density at radius 3 is 2.45 bits per heavy atom. The van der Waals surface area contributed by atoms with Gasteiger partial charge >= 0.3 is 0 Å². The third-order valence-electron chi connectivity index (χ3n) is 5.34. The summed E-state index contributed by atoms with van der Waals surface area (Å²) in [7, 11) is 3.61. The van der Waals surface area contributed by atoms with Crippen molar-refractivity contribution in [1.82, 2.24) is 0 Å². The molecule has 0 unspecified atom stereocenters. The first-order chi connectivity index (χ1) is 9.54. The van der Waals surface area contributed by atoms with E-state index < -0.39 is 0 Å². The van der Waals surface area contributed by atoms with Crippen molar-refractivity contribution >= 4 is 0 Å². The summed E-state index contributed by atoms with van der Waals surface area (Å²) in [6, 6.07) is 0. The standard InChI is InChI=1S/C18H30O2/c1-13(2)9-15-7-6-8-16-17(15)14(3)10-18(16,11-19-4)12-20-5/h15-17H,1,3,6-12H2,2,4-5H3/t15-,16-,17+/m0/s1. The maximum Gasteiger partial charge on any atom is 0.0546 e. The Morgan fingerprint density at radius 2 is 1.90 bits per heavy atom. The largest absolute Gasteiger partial charge is 0.384 e. The van der Waals surface area contributed by atoms with Crippen LogP contribution in [-0.2, 0) is 9.47 Å². The molecule has 0 bridgehead atoms. The van der Waals surface area contributed by atoms with Crippen LogP contribution in [0.25, 0.3) is 0 Å². The quantitative estimate of drug-likeness (QED) is 0.677. The highest BCUT2D eigenvalue weighted by Crippen LogP contribution is 2.58. The van der Waals surface area contributed by atoms with E-state index in [0.29, 0.717) is 11.8 Å². The van der Waals surface area contributed by atoms with E-state index in [1.54, 1.807) is 0 Å². The lowest BCUT2D eigenvalue weighted by atomic mass is 9.65. The van der Waals surface area contributed by atoms with E-state index in [0.717, 1.165) is 32.0 Å². The van der Waals surface area contributed by atoms with Crippen molar-refractivity contribution in [2.75, 3.05) is 27.4 Å². The van der Waals surface area contributed by atoms with E-state index in [-0.39, 0.29) is 5.41 Å². The summed E-state index contributed by atoms with van der Waals surface area (Å²) in [5.74, 6) is 2.05. The van der Waals surface area contributed by atoms with Crippen LogP contribution in [-0.4, -0.2) is 27.4 Å². The van der Waals surface area contributed by atoms with Crippen LogP contribution in [0, 0.1) is 23.2 Å². The molecule has 0 saturated heterocycles. The number of hydrogen-bond acceptors (Lipinski definition) is 2. The van der Waals surface area contributed by atoms with E-state index in [1.165, 1.54) is 30.4 Å². The van der Waals surface area contributed by atoms with Gasteiger partial charge in [-0.2, -0.15) is 0 Å². The number of methoxy groups -OCH3 is 2. The topological polar surface area (TPSA) is 18.5 Å². The van der Waals surface area contributed by atoms with Gasteiger partial charge in [-0.05, 0) is 50.4 Å². The van der Waals surface area contributed by atoms with Gasteiger partial charge in [0.2, 0.25) is 0 Å². The minimum Gasteiger partial charge on any atom is -0.384 e. The number of hydrogen-bond donors (Lipinski definition) is 0. The second kappa shape index (κ2) is 6.44. The number of ether oxygens (including phenoxy) is 2. The maximum absolute atomic E-state index is 5.56. The van der Waals surface area contributed by atoms with Crippen LogP contribution in [0.1, 0.15) is 39.0 Å². The third-order valence-corrected chi connectivity index (χ3v) is 5.34. The second-order valence-electron chi connectivity index (χ2n) is 7.05. The van der Waals surface area contributed by atoms with E-state index in [9.17, 15) is 0 Å². The maximum atomic E-state index is 5.56. The van der Waals surface area contributed by atoms with Crippen LogP contribution in [0.15, 0.2) is 24.3 Å². The highest BCUT2D eigenvalue weighted by Gasteiger charge is 2.53. The first-order valence-electron chi connectivity index (χ1n) is 7.84. The van der Waals surface area contributed by atoms with E-state index in [4.69, 9.17) is 9.47 Å². The molecule has 0 aromatic rings. The molecule has 0 radical (unpaired) electrons. The molecule has 2 heteroatoms. The van der Waals surface area contributed by atoms with Crippen molar-refractivity contribution in [3.05, 3.63) is 24.3 Å². The second-order valence-corrected chi connectivity index (χ2v) is 7.05. The SMILES string of the molecule is C=C(C)C[C@@H]1CCC[C@H]2[C@@H]1C(=C)CC2(COC)COC. The zero-order valence-electron chi connectivity index (χ0n) is 13.4. The Morgan fingerprint density at radius 1 is 1.25 bits per heavy atom. The molecule has 20 heavy (non-hydrogen) atoms. The molecule has 0 N–H and O–H groups in total. The van der Waals surface area contributed by atoms with Crippen LogP contribution in [0.5, 0.6) is 0 Å². The lowest BCUT2D eigenvalue weighted by Crippen LogP contribution is -2.40. The predicted octanol–water partition coefficient (Wildman–Crippen LogP) is 4.22. The molecule has 2 saturated carbocycles. The first kappa shape index (κ1) is 15.8. The minimum atomic E-state index is 0.152. The van der Waals surface area contributed by atoms with E-state index in [1.807, 2.05) is 14.2 Å². The van der Waals surface area contributed by atoms with E-state index in [2.05, 4.69) is 20.1 Å². The Balaban J connectivity index is 2.24. The van der Waals surface area contributed by atoms with Gasteiger partial charge in [-0.25, -0.2) is 0 Å². The summed E-state index contributed by atoms with van der Waals surface area (Å²) in [5, 5.41) is 0. The molecule has 0 aromatic carbocycles. The van der Waals surface area contributed by atoms with Gasteiger partial charge in [-0.15, -0.1) is 6.58 Å². The van der Waals surface area contributed by atoms with Gasteiger partial charge in [0.1, 0.15) is 0 Å². The van der Waals surface area contributed by atoms with Gasteiger partial charge in [0.25, 0.3) is 0 Å². The normalized spacial score (nSPS) is 32.1. The molecule has 2 nitrogen and oxygen atoms in total. The molecule has 0 aromatic heterocycles. The van der Waals surface area contributed by atoms with Crippen LogP contribution in [0.2, 0.25) is 0 Å². The van der Waals surface area contributed by atoms with Crippen molar-refractivity contribution in [3.63, 3.8) is 0 Å². The van der Waals surface area contributed by atoms with Crippen molar-refractivity contribution in [2.24, 2.45) is 23.2 Å². The van der Waals surface area contributed by atoms with Crippen LogP contribution in [0.3, 0.4) is 0 Å². The minimum absolute atomic E-state index is 0.152. The van der Waals surface area contributed by atoms with Crippen molar-refractivity contribution in [2.45, 2.75) is 39.0 Å². The average Bonchev–Trinajstić information content (AvgIpc) is 2.64. The van der Waals surface area contributed by atoms with Gasteiger partial charge in [0.05, 0.1) is 13.2 Å². The molecule has 2 aliphatic rings.